The van der Waals surface area contributed by atoms with Gasteiger partial charge in [0.25, 0.3) is 5.69 Å². The number of nitro benzene ring substituents is 1. The lowest BCUT2D eigenvalue weighted by atomic mass is 10.3. The molecule has 7 heteroatoms. The Balaban J connectivity index is 0.00000133. The van der Waals surface area contributed by atoms with Crippen LogP contribution in [0, 0.1) is 23.1 Å². The molecule has 0 unspecified atom stereocenters. The smallest absolute Gasteiger partial charge is 0.366 e. The minimum absolute atomic E-state index is 0. The van der Waals surface area contributed by atoms with Crippen molar-refractivity contribution in [2.45, 2.75) is 0 Å². The van der Waals surface area contributed by atoms with Crippen molar-refractivity contribution < 1.29 is 47.7 Å². The van der Waals surface area contributed by atoms with E-state index in [1.807, 2.05) is 0 Å². The molecule has 98 valence electrons. The maximum atomic E-state index is 13.1. The highest BCUT2D eigenvalue weighted by molar-refractivity contribution is 5.39. The second kappa shape index (κ2) is 5.30. The fraction of sp³-hybridized carbons (Fsp3) is 0. The van der Waals surface area contributed by atoms with Crippen LogP contribution in [0.25, 0.3) is 0 Å². The predicted octanol–water partition coefficient (Wildman–Crippen LogP) is -3.03. The number of hydrogen-bond acceptors (Lipinski definition) is 3. The first kappa shape index (κ1) is 14.0. The third-order valence-corrected chi connectivity index (χ3v) is 5.29. The van der Waals surface area contributed by atoms with Gasteiger partial charge < -0.3 is 17.1 Å². The quantitative estimate of drug-likeness (QED) is 0.251. The molecular weight excluding hydrogens is 387 g/mol. The van der Waals surface area contributed by atoms with Crippen LogP contribution in [0.15, 0.2) is 36.4 Å². The Kier molecular flexibility index (Phi) is 3.91. The van der Waals surface area contributed by atoms with Crippen LogP contribution in [0.2, 0.25) is 0 Å². The van der Waals surface area contributed by atoms with Crippen LogP contribution in [-0.2, 0) is 0 Å². The average Bonchev–Trinajstić information content (AvgIpc) is 2.35. The normalized spacial score (nSPS) is 11.6. The summed E-state index contributed by atoms with van der Waals surface area (Å²) < 4.78 is 20.4. The molecule has 1 heterocycles. The zero-order valence-electron chi connectivity index (χ0n) is 9.27. The summed E-state index contributed by atoms with van der Waals surface area (Å²) in [5, 5.41) is 10.7. The van der Waals surface area contributed by atoms with Gasteiger partial charge >= 0.3 is 21.2 Å². The molecule has 0 amide bonds. The maximum absolute atomic E-state index is 13.1. The predicted molar refractivity (Wildman–Crippen MR) is 57.0 cm³/mol. The van der Waals surface area contributed by atoms with E-state index in [2.05, 4.69) is 0 Å². The van der Waals surface area contributed by atoms with Crippen molar-refractivity contribution in [1.82, 2.24) is 0 Å². The van der Waals surface area contributed by atoms with E-state index in [1.165, 1.54) is 24.3 Å². The minimum Gasteiger partial charge on any atom is -1.00 e. The molecule has 3 rings (SSSR count). The molecule has 0 radical (unpaired) electrons. The lowest BCUT2D eigenvalue weighted by molar-refractivity contribution is -0.603. The van der Waals surface area contributed by atoms with E-state index in [0.717, 1.165) is 7.14 Å². The maximum Gasteiger partial charge on any atom is 0.366 e. The summed E-state index contributed by atoms with van der Waals surface area (Å²) in [5.41, 5.74) is 0.0388. The van der Waals surface area contributed by atoms with E-state index in [-0.39, 0.29) is 23.9 Å². The van der Waals surface area contributed by atoms with Gasteiger partial charge in [-0.2, -0.15) is 0 Å². The Hall–Kier alpha value is -1.41. The fourth-order valence-electron chi connectivity index (χ4n) is 1.62. The Morgan fingerprint density at radius 2 is 1.74 bits per heavy atom. The first-order chi connectivity index (χ1) is 8.63. The molecule has 0 aliphatic carbocycles. The molecule has 2 aromatic carbocycles. The van der Waals surface area contributed by atoms with E-state index in [4.69, 9.17) is 4.74 Å². The van der Waals surface area contributed by atoms with Gasteiger partial charge in [0.15, 0.2) is 11.5 Å². The average molecular weight is 394 g/mol. The summed E-state index contributed by atoms with van der Waals surface area (Å²) in [4.78, 5) is 10.3. The van der Waals surface area contributed by atoms with Crippen molar-refractivity contribution in [3.63, 3.8) is 0 Å². The second-order valence-electron chi connectivity index (χ2n) is 3.64. The molecule has 4 nitrogen and oxygen atoms in total. The van der Waals surface area contributed by atoms with Crippen LogP contribution >= 0.6 is 0 Å². The van der Waals surface area contributed by atoms with Gasteiger partial charge in [-0.25, -0.2) is 4.39 Å². The lowest BCUT2D eigenvalue weighted by Crippen LogP contribution is -3.61. The van der Waals surface area contributed by atoms with Crippen molar-refractivity contribution in [3.8, 4) is 11.5 Å². The Morgan fingerprint density at radius 3 is 2.42 bits per heavy atom. The highest BCUT2D eigenvalue weighted by atomic mass is 127. The standard InChI is InChI=1S/C12H6FINO3.ClH/c13-7-1-3-11-9(5-7)14-10-6-8(15(16)17)2-4-12(10)18-11;/h1-6H;1H/q+1;/p-1. The molecule has 0 aromatic heterocycles. The molecule has 1 aliphatic heterocycles. The first-order valence-corrected chi connectivity index (χ1v) is 7.20. The molecule has 0 atom stereocenters. The highest BCUT2D eigenvalue weighted by Crippen LogP contribution is 2.26. The summed E-state index contributed by atoms with van der Waals surface area (Å²) >= 11 is -0.653. The Morgan fingerprint density at radius 1 is 1.11 bits per heavy atom. The van der Waals surface area contributed by atoms with Crippen LogP contribution in [0.4, 0.5) is 10.1 Å². The van der Waals surface area contributed by atoms with Gasteiger partial charge in [0.1, 0.15) is 5.82 Å². The lowest BCUT2D eigenvalue weighted by Gasteiger charge is -2.10. The summed E-state index contributed by atoms with van der Waals surface area (Å²) in [5.74, 6) is 0.962. The van der Waals surface area contributed by atoms with Crippen molar-refractivity contribution in [2.24, 2.45) is 0 Å². The van der Waals surface area contributed by atoms with Crippen molar-refractivity contribution in [1.29, 1.82) is 0 Å². The number of halogens is 3. The zero-order chi connectivity index (χ0) is 12.7. The van der Waals surface area contributed by atoms with Gasteiger partial charge in [-0.1, -0.05) is 0 Å². The second-order valence-corrected chi connectivity index (χ2v) is 6.51. The molecule has 0 spiro atoms. The molecule has 0 saturated heterocycles. The number of rotatable bonds is 1. The van der Waals surface area contributed by atoms with E-state index in [1.54, 1.807) is 12.1 Å². The summed E-state index contributed by atoms with van der Waals surface area (Å²) in [7, 11) is 0. The van der Waals surface area contributed by atoms with Crippen LogP contribution < -0.4 is 38.3 Å². The molecule has 0 N–H and O–H groups in total. The van der Waals surface area contributed by atoms with Gasteiger partial charge in [0.05, 0.1) is 11.0 Å². The molecule has 0 fully saturated rings. The largest absolute Gasteiger partial charge is 1.00 e. The number of nitrogens with zero attached hydrogens (tertiary/aromatic N) is 1. The van der Waals surface area contributed by atoms with Crippen molar-refractivity contribution >= 4 is 5.69 Å². The topological polar surface area (TPSA) is 52.4 Å². The Labute approximate surface area is 124 Å². The monoisotopic (exact) mass is 393 g/mol. The summed E-state index contributed by atoms with van der Waals surface area (Å²) in [6.45, 7) is 0. The van der Waals surface area contributed by atoms with E-state index >= 15 is 0 Å². The third kappa shape index (κ3) is 2.64. The molecule has 19 heavy (non-hydrogen) atoms. The third-order valence-electron chi connectivity index (χ3n) is 2.44. The van der Waals surface area contributed by atoms with Gasteiger partial charge in [-0.15, -0.1) is 0 Å². The zero-order valence-corrected chi connectivity index (χ0v) is 12.2. The molecular formula is C12H6ClFINO3. The van der Waals surface area contributed by atoms with Gasteiger partial charge in [-0.05, 0) is 18.2 Å². The van der Waals surface area contributed by atoms with E-state index in [0.29, 0.717) is 11.5 Å². The fourth-order valence-corrected chi connectivity index (χ4v) is 4.29. The van der Waals surface area contributed by atoms with Gasteiger partial charge in [0, 0.05) is 12.1 Å². The number of ether oxygens (including phenoxy) is 1. The van der Waals surface area contributed by atoms with E-state index < -0.39 is 26.1 Å². The van der Waals surface area contributed by atoms with Gasteiger partial charge in [0.2, 0.25) is 7.14 Å². The van der Waals surface area contributed by atoms with Crippen LogP contribution in [0.3, 0.4) is 0 Å². The van der Waals surface area contributed by atoms with Crippen molar-refractivity contribution in [3.05, 3.63) is 59.5 Å². The number of hydrogen-bond donors (Lipinski definition) is 0. The van der Waals surface area contributed by atoms with Crippen LogP contribution in [0.5, 0.6) is 11.5 Å². The number of nitro groups is 1. The van der Waals surface area contributed by atoms with Gasteiger partial charge in [-0.3, -0.25) is 10.1 Å². The Bertz CT molecular complexity index is 665. The first-order valence-electron chi connectivity index (χ1n) is 5.04. The summed E-state index contributed by atoms with van der Waals surface area (Å²) in [6, 6.07) is 8.89. The molecule has 0 saturated carbocycles. The highest BCUT2D eigenvalue weighted by Gasteiger charge is 2.33. The molecule has 2 aromatic rings. The van der Waals surface area contributed by atoms with E-state index in [9.17, 15) is 14.5 Å². The SMILES string of the molecule is O=[N+]([O-])c1ccc2c(c1)[I+]c1cc(F)ccc1O2.[Cl-]. The molecule has 0 bridgehead atoms. The minimum atomic E-state index is -0.653. The number of non-ortho nitro benzene ring substituents is 1. The van der Waals surface area contributed by atoms with Crippen LogP contribution in [-0.4, -0.2) is 4.92 Å². The van der Waals surface area contributed by atoms with Crippen LogP contribution in [0.1, 0.15) is 0 Å². The molecule has 1 aliphatic rings. The summed E-state index contributed by atoms with van der Waals surface area (Å²) in [6.07, 6.45) is 0. The van der Waals surface area contributed by atoms with Crippen molar-refractivity contribution in [2.75, 3.05) is 0 Å². The number of fused-ring (bicyclic) bond motifs is 2. The number of benzene rings is 2.